The van der Waals surface area contributed by atoms with Gasteiger partial charge in [0.2, 0.25) is 10.0 Å². The number of aromatic nitrogens is 1. The van der Waals surface area contributed by atoms with Crippen LogP contribution in [-0.2, 0) is 22.1 Å². The van der Waals surface area contributed by atoms with E-state index in [0.29, 0.717) is 6.54 Å². The minimum absolute atomic E-state index is 0.240. The van der Waals surface area contributed by atoms with Crippen molar-refractivity contribution in [3.05, 3.63) is 136 Å². The molecule has 0 amide bonds. The number of aryl methyl sites for hydroxylation is 1. The second-order valence-electron chi connectivity index (χ2n) is 9.22. The van der Waals surface area contributed by atoms with Gasteiger partial charge in [0.05, 0.1) is 10.4 Å². The highest BCUT2D eigenvalue weighted by atomic mass is 79.9. The summed E-state index contributed by atoms with van der Waals surface area (Å²) >= 11 is 3.51. The predicted molar refractivity (Wildman–Crippen MR) is 150 cm³/mol. The summed E-state index contributed by atoms with van der Waals surface area (Å²) in [6, 6.07) is 33.2. The van der Waals surface area contributed by atoms with Gasteiger partial charge in [-0.2, -0.15) is 4.72 Å². The summed E-state index contributed by atoms with van der Waals surface area (Å²) in [7, 11) is -3.83. The maximum absolute atomic E-state index is 13.7. The molecule has 0 aliphatic heterocycles. The Hall–Kier alpha value is -3.19. The second kappa shape index (κ2) is 9.69. The molecule has 0 saturated heterocycles. The molecule has 0 aliphatic carbocycles. The molecule has 0 unspecified atom stereocenters. The number of sulfonamides is 1. The summed E-state index contributed by atoms with van der Waals surface area (Å²) in [5.74, 6) is 0. The van der Waals surface area contributed by atoms with Crippen LogP contribution in [0.15, 0.2) is 119 Å². The van der Waals surface area contributed by atoms with Crippen molar-refractivity contribution in [1.29, 1.82) is 0 Å². The molecule has 1 atom stereocenters. The fourth-order valence-corrected chi connectivity index (χ4v) is 6.30. The third kappa shape index (κ3) is 4.76. The second-order valence-corrected chi connectivity index (χ2v) is 11.8. The summed E-state index contributed by atoms with van der Waals surface area (Å²) in [5, 5.41) is 1.01. The van der Waals surface area contributed by atoms with E-state index in [-0.39, 0.29) is 4.90 Å². The van der Waals surface area contributed by atoms with Crippen LogP contribution >= 0.6 is 15.9 Å². The Balaban J connectivity index is 1.69. The van der Waals surface area contributed by atoms with Crippen LogP contribution in [-0.4, -0.2) is 13.0 Å². The molecule has 6 heteroatoms. The van der Waals surface area contributed by atoms with Crippen LogP contribution in [0.3, 0.4) is 0 Å². The first-order chi connectivity index (χ1) is 17.3. The first-order valence-electron chi connectivity index (χ1n) is 11.8. The van der Waals surface area contributed by atoms with Gasteiger partial charge < -0.3 is 4.57 Å². The van der Waals surface area contributed by atoms with Gasteiger partial charge in [0.15, 0.2) is 0 Å². The Labute approximate surface area is 220 Å². The maximum Gasteiger partial charge on any atom is 0.241 e. The molecule has 5 aromatic rings. The van der Waals surface area contributed by atoms with Crippen LogP contribution in [0.5, 0.6) is 0 Å². The van der Waals surface area contributed by atoms with Gasteiger partial charge in [-0.05, 0) is 55.3 Å². The highest BCUT2D eigenvalue weighted by Crippen LogP contribution is 2.38. The van der Waals surface area contributed by atoms with E-state index < -0.39 is 15.6 Å². The van der Waals surface area contributed by atoms with E-state index in [1.807, 2.05) is 80.6 Å². The Morgan fingerprint density at radius 1 is 0.833 bits per heavy atom. The molecule has 36 heavy (non-hydrogen) atoms. The summed E-state index contributed by atoms with van der Waals surface area (Å²) < 4.78 is 33.6. The topological polar surface area (TPSA) is 51.1 Å². The number of hydrogen-bond acceptors (Lipinski definition) is 2. The zero-order chi connectivity index (χ0) is 25.3. The SMILES string of the molecule is Cc1ccc(S(=O)(=O)N[C@](C)(c2ccc(Br)cc2)c2cn(Cc3ccccc3)c3ccccc23)cc1. The minimum atomic E-state index is -3.83. The van der Waals surface area contributed by atoms with Crippen molar-refractivity contribution in [2.75, 3.05) is 0 Å². The molecule has 0 aliphatic rings. The molecule has 0 fully saturated rings. The zero-order valence-corrected chi connectivity index (χ0v) is 22.6. The zero-order valence-electron chi connectivity index (χ0n) is 20.1. The Morgan fingerprint density at radius 3 is 2.17 bits per heavy atom. The number of rotatable bonds is 7. The molecule has 0 radical (unpaired) electrons. The summed E-state index contributed by atoms with van der Waals surface area (Å²) in [6.07, 6.45) is 2.08. The molecular weight excluding hydrogens is 532 g/mol. The molecule has 182 valence electrons. The van der Waals surface area contributed by atoms with Crippen molar-refractivity contribution in [2.45, 2.75) is 30.8 Å². The number of hydrogen-bond donors (Lipinski definition) is 1. The lowest BCUT2D eigenvalue weighted by molar-refractivity contribution is 0.504. The smallest absolute Gasteiger partial charge is 0.241 e. The van der Waals surface area contributed by atoms with Gasteiger partial charge in [-0.3, -0.25) is 0 Å². The number of halogens is 1. The van der Waals surface area contributed by atoms with Gasteiger partial charge in [-0.15, -0.1) is 0 Å². The highest BCUT2D eigenvalue weighted by Gasteiger charge is 2.37. The molecule has 0 bridgehead atoms. The minimum Gasteiger partial charge on any atom is -0.343 e. The largest absolute Gasteiger partial charge is 0.343 e. The fourth-order valence-electron chi connectivity index (χ4n) is 4.65. The molecule has 5 rings (SSSR count). The van der Waals surface area contributed by atoms with Crippen LogP contribution < -0.4 is 4.72 Å². The monoisotopic (exact) mass is 558 g/mol. The van der Waals surface area contributed by atoms with Crippen molar-refractivity contribution in [1.82, 2.24) is 9.29 Å². The quantitative estimate of drug-likeness (QED) is 0.233. The van der Waals surface area contributed by atoms with Crippen LogP contribution in [0.25, 0.3) is 10.9 Å². The molecule has 0 spiro atoms. The third-order valence-corrected chi connectivity index (χ3v) is 8.71. The first-order valence-corrected chi connectivity index (χ1v) is 14.0. The summed E-state index contributed by atoms with van der Waals surface area (Å²) in [5.41, 5.74) is 3.96. The van der Waals surface area contributed by atoms with E-state index in [4.69, 9.17) is 0 Å². The average molecular weight is 560 g/mol. The molecule has 0 saturated carbocycles. The first kappa shape index (κ1) is 24.5. The Morgan fingerprint density at radius 2 is 1.47 bits per heavy atom. The fraction of sp³-hybridized carbons (Fsp3) is 0.133. The van der Waals surface area contributed by atoms with Crippen LogP contribution in [0.4, 0.5) is 0 Å². The summed E-state index contributed by atoms with van der Waals surface area (Å²) in [4.78, 5) is 0.240. The predicted octanol–water partition coefficient (Wildman–Crippen LogP) is 7.00. The van der Waals surface area contributed by atoms with Crippen molar-refractivity contribution in [2.24, 2.45) is 0 Å². The standard InChI is InChI=1S/C30H27BrN2O2S/c1-22-12-18-26(19-13-22)36(34,35)32-30(2,24-14-16-25(31)17-15-24)28-21-33(20-23-8-4-3-5-9-23)29-11-7-6-10-27(28)29/h3-19,21,32H,20H2,1-2H3/t30-/m1/s1. The average Bonchev–Trinajstić information content (AvgIpc) is 3.24. The van der Waals surface area contributed by atoms with E-state index in [1.165, 1.54) is 5.56 Å². The molecular formula is C30H27BrN2O2S. The van der Waals surface area contributed by atoms with Gasteiger partial charge in [-0.25, -0.2) is 8.42 Å². The number of nitrogens with zero attached hydrogens (tertiary/aromatic N) is 1. The van der Waals surface area contributed by atoms with Gasteiger partial charge in [0.1, 0.15) is 0 Å². The number of fused-ring (bicyclic) bond motifs is 1. The maximum atomic E-state index is 13.7. The lowest BCUT2D eigenvalue weighted by atomic mass is 9.85. The lowest BCUT2D eigenvalue weighted by Gasteiger charge is -2.31. The molecule has 4 nitrogen and oxygen atoms in total. The van der Waals surface area contributed by atoms with Gasteiger partial charge >= 0.3 is 0 Å². The van der Waals surface area contributed by atoms with E-state index in [0.717, 1.165) is 32.1 Å². The molecule has 1 heterocycles. The van der Waals surface area contributed by atoms with Crippen molar-refractivity contribution in [3.63, 3.8) is 0 Å². The van der Waals surface area contributed by atoms with E-state index in [2.05, 4.69) is 55.7 Å². The van der Waals surface area contributed by atoms with Gasteiger partial charge in [-0.1, -0.05) is 94.3 Å². The number of para-hydroxylation sites is 1. The summed E-state index contributed by atoms with van der Waals surface area (Å²) in [6.45, 7) is 4.57. The molecule has 4 aromatic carbocycles. The van der Waals surface area contributed by atoms with Crippen LogP contribution in [0.1, 0.15) is 29.2 Å². The van der Waals surface area contributed by atoms with Gasteiger partial charge in [0.25, 0.3) is 0 Å². The Bertz CT molecular complexity index is 1610. The van der Waals surface area contributed by atoms with Crippen LogP contribution in [0, 0.1) is 6.92 Å². The number of benzene rings is 4. The molecule has 1 aromatic heterocycles. The van der Waals surface area contributed by atoms with Crippen molar-refractivity contribution < 1.29 is 8.42 Å². The lowest BCUT2D eigenvalue weighted by Crippen LogP contribution is -2.44. The van der Waals surface area contributed by atoms with E-state index in [9.17, 15) is 8.42 Å². The highest BCUT2D eigenvalue weighted by molar-refractivity contribution is 9.10. The van der Waals surface area contributed by atoms with Crippen molar-refractivity contribution in [3.8, 4) is 0 Å². The molecule has 1 N–H and O–H groups in total. The van der Waals surface area contributed by atoms with Gasteiger partial charge in [0, 0.05) is 33.7 Å². The van der Waals surface area contributed by atoms with E-state index >= 15 is 0 Å². The normalized spacial score (nSPS) is 13.5. The number of nitrogens with one attached hydrogen (secondary N) is 1. The van der Waals surface area contributed by atoms with Crippen LogP contribution in [0.2, 0.25) is 0 Å². The third-order valence-electron chi connectivity index (χ3n) is 6.61. The Kier molecular flexibility index (Phi) is 6.60. The van der Waals surface area contributed by atoms with Crippen molar-refractivity contribution >= 4 is 36.9 Å². The van der Waals surface area contributed by atoms with E-state index in [1.54, 1.807) is 12.1 Å².